The van der Waals surface area contributed by atoms with Crippen LogP contribution in [0.25, 0.3) is 11.1 Å². The van der Waals surface area contributed by atoms with Gasteiger partial charge in [0.05, 0.1) is 0 Å². The van der Waals surface area contributed by atoms with E-state index in [0.29, 0.717) is 13.0 Å². The molecule has 0 aromatic heterocycles. The van der Waals surface area contributed by atoms with Crippen LogP contribution in [0.3, 0.4) is 0 Å². The first-order valence-corrected chi connectivity index (χ1v) is 9.30. The first-order chi connectivity index (χ1) is 12.8. The van der Waals surface area contributed by atoms with E-state index in [4.69, 9.17) is 4.74 Å². The standard InChI is InChI=1S/C22H26N2O3/c1-22(2,3)27-21(26)24-15-9-14-19(24)20(25)23-18-13-8-7-12-17(18)16-10-5-4-6-11-16/h4-8,10-13,19H,9,14-15H2,1-3H3,(H,23,25)/t19-/m0/s1. The number of rotatable bonds is 3. The highest BCUT2D eigenvalue weighted by Crippen LogP contribution is 2.29. The maximum atomic E-state index is 12.9. The van der Waals surface area contributed by atoms with Gasteiger partial charge in [-0.05, 0) is 45.2 Å². The van der Waals surface area contributed by atoms with Crippen LogP contribution >= 0.6 is 0 Å². The van der Waals surface area contributed by atoms with Crippen LogP contribution in [0.2, 0.25) is 0 Å². The summed E-state index contributed by atoms with van der Waals surface area (Å²) < 4.78 is 5.45. The number of anilines is 1. The van der Waals surface area contributed by atoms with E-state index >= 15 is 0 Å². The molecule has 1 N–H and O–H groups in total. The highest BCUT2D eigenvalue weighted by atomic mass is 16.6. The van der Waals surface area contributed by atoms with E-state index in [1.54, 1.807) is 0 Å². The fourth-order valence-corrected chi connectivity index (χ4v) is 3.26. The monoisotopic (exact) mass is 366 g/mol. The summed E-state index contributed by atoms with van der Waals surface area (Å²) in [5.41, 5.74) is 2.14. The molecule has 2 aromatic rings. The SMILES string of the molecule is CC(C)(C)OC(=O)N1CCC[C@H]1C(=O)Nc1ccccc1-c1ccccc1. The Labute approximate surface area is 160 Å². The molecule has 0 aliphatic carbocycles. The van der Waals surface area contributed by atoms with Crippen molar-refractivity contribution in [3.8, 4) is 11.1 Å². The van der Waals surface area contributed by atoms with Crippen molar-refractivity contribution in [1.82, 2.24) is 4.90 Å². The third kappa shape index (κ3) is 4.67. The van der Waals surface area contributed by atoms with Crippen molar-refractivity contribution in [1.29, 1.82) is 0 Å². The third-order valence-electron chi connectivity index (χ3n) is 4.45. The van der Waals surface area contributed by atoms with E-state index in [1.165, 1.54) is 4.90 Å². The third-order valence-corrected chi connectivity index (χ3v) is 4.45. The molecule has 0 saturated carbocycles. The second kappa shape index (κ2) is 7.82. The molecule has 142 valence electrons. The van der Waals surface area contributed by atoms with Crippen LogP contribution in [0.15, 0.2) is 54.6 Å². The molecule has 0 unspecified atom stereocenters. The molecule has 1 atom stereocenters. The molecule has 2 aromatic carbocycles. The Hall–Kier alpha value is -2.82. The summed E-state index contributed by atoms with van der Waals surface area (Å²) in [4.78, 5) is 26.9. The fourth-order valence-electron chi connectivity index (χ4n) is 3.26. The van der Waals surface area contributed by atoms with Crippen molar-refractivity contribution in [2.75, 3.05) is 11.9 Å². The van der Waals surface area contributed by atoms with Gasteiger partial charge in [0.15, 0.2) is 0 Å². The van der Waals surface area contributed by atoms with Gasteiger partial charge in [-0.1, -0.05) is 48.5 Å². The smallest absolute Gasteiger partial charge is 0.410 e. The van der Waals surface area contributed by atoms with Gasteiger partial charge in [0.2, 0.25) is 5.91 Å². The molecule has 1 saturated heterocycles. The minimum Gasteiger partial charge on any atom is -0.444 e. The molecule has 0 radical (unpaired) electrons. The lowest BCUT2D eigenvalue weighted by atomic mass is 10.0. The zero-order valence-corrected chi connectivity index (χ0v) is 16.1. The van der Waals surface area contributed by atoms with Crippen LogP contribution < -0.4 is 5.32 Å². The molecule has 1 fully saturated rings. The maximum Gasteiger partial charge on any atom is 0.410 e. The number of nitrogens with zero attached hydrogens (tertiary/aromatic N) is 1. The largest absolute Gasteiger partial charge is 0.444 e. The zero-order chi connectivity index (χ0) is 19.4. The number of ether oxygens (including phenoxy) is 1. The van der Waals surface area contributed by atoms with Crippen LogP contribution in [0.1, 0.15) is 33.6 Å². The Bertz CT molecular complexity index is 812. The topological polar surface area (TPSA) is 58.6 Å². The van der Waals surface area contributed by atoms with Crippen LogP contribution in [-0.2, 0) is 9.53 Å². The fraction of sp³-hybridized carbons (Fsp3) is 0.364. The summed E-state index contributed by atoms with van der Waals surface area (Å²) in [7, 11) is 0. The minimum absolute atomic E-state index is 0.179. The number of para-hydroxylation sites is 1. The number of nitrogens with one attached hydrogen (secondary N) is 1. The van der Waals surface area contributed by atoms with Crippen molar-refractivity contribution < 1.29 is 14.3 Å². The van der Waals surface area contributed by atoms with E-state index in [1.807, 2.05) is 75.4 Å². The highest BCUT2D eigenvalue weighted by Gasteiger charge is 2.36. The zero-order valence-electron chi connectivity index (χ0n) is 16.1. The first-order valence-electron chi connectivity index (χ1n) is 9.30. The van der Waals surface area contributed by atoms with E-state index in [9.17, 15) is 9.59 Å². The molecule has 2 amide bonds. The summed E-state index contributed by atoms with van der Waals surface area (Å²) in [6.45, 7) is 6.01. The Morgan fingerprint density at radius 2 is 1.70 bits per heavy atom. The number of benzene rings is 2. The molecule has 1 heterocycles. The first kappa shape index (κ1) is 19.0. The van der Waals surface area contributed by atoms with Crippen molar-refractivity contribution in [2.45, 2.75) is 45.3 Å². The Morgan fingerprint density at radius 1 is 1.04 bits per heavy atom. The van der Waals surface area contributed by atoms with Crippen molar-refractivity contribution in [2.24, 2.45) is 0 Å². The van der Waals surface area contributed by atoms with Crippen LogP contribution in [0.5, 0.6) is 0 Å². The van der Waals surface area contributed by atoms with Crippen LogP contribution in [0.4, 0.5) is 10.5 Å². The molecular formula is C22H26N2O3. The van der Waals surface area contributed by atoms with Gasteiger partial charge in [0.25, 0.3) is 0 Å². The minimum atomic E-state index is -0.583. The second-order valence-corrected chi connectivity index (χ2v) is 7.73. The van der Waals surface area contributed by atoms with Gasteiger partial charge in [-0.2, -0.15) is 0 Å². The van der Waals surface area contributed by atoms with Gasteiger partial charge in [-0.3, -0.25) is 9.69 Å². The lowest BCUT2D eigenvalue weighted by molar-refractivity contribution is -0.120. The number of likely N-dealkylation sites (tertiary alicyclic amines) is 1. The maximum absolute atomic E-state index is 12.9. The molecule has 1 aliphatic rings. The Kier molecular flexibility index (Phi) is 5.49. The predicted octanol–water partition coefficient (Wildman–Crippen LogP) is 4.69. The average molecular weight is 366 g/mol. The normalized spacial score (nSPS) is 16.9. The van der Waals surface area contributed by atoms with E-state index in [-0.39, 0.29) is 5.91 Å². The van der Waals surface area contributed by atoms with Crippen LogP contribution in [-0.4, -0.2) is 35.1 Å². The van der Waals surface area contributed by atoms with Crippen molar-refractivity contribution >= 4 is 17.7 Å². The molecule has 5 nitrogen and oxygen atoms in total. The van der Waals surface area contributed by atoms with E-state index < -0.39 is 17.7 Å². The van der Waals surface area contributed by atoms with Crippen LogP contribution in [0, 0.1) is 0 Å². The van der Waals surface area contributed by atoms with E-state index in [0.717, 1.165) is 23.2 Å². The number of hydrogen-bond donors (Lipinski definition) is 1. The number of carbonyl (C=O) groups excluding carboxylic acids is 2. The molecule has 5 heteroatoms. The van der Waals surface area contributed by atoms with Gasteiger partial charge in [-0.25, -0.2) is 4.79 Å². The van der Waals surface area contributed by atoms with Crippen molar-refractivity contribution in [3.05, 3.63) is 54.6 Å². The van der Waals surface area contributed by atoms with Crippen molar-refractivity contribution in [3.63, 3.8) is 0 Å². The number of hydrogen-bond acceptors (Lipinski definition) is 3. The lowest BCUT2D eigenvalue weighted by Crippen LogP contribution is -2.45. The van der Waals surface area contributed by atoms with Gasteiger partial charge in [-0.15, -0.1) is 0 Å². The molecule has 1 aliphatic heterocycles. The quantitative estimate of drug-likeness (QED) is 0.857. The molecule has 0 spiro atoms. The molecule has 3 rings (SSSR count). The van der Waals surface area contributed by atoms with Gasteiger partial charge in [0.1, 0.15) is 11.6 Å². The Morgan fingerprint density at radius 3 is 2.41 bits per heavy atom. The molecular weight excluding hydrogens is 340 g/mol. The molecule has 27 heavy (non-hydrogen) atoms. The summed E-state index contributed by atoms with van der Waals surface area (Å²) >= 11 is 0. The predicted molar refractivity (Wildman–Crippen MR) is 106 cm³/mol. The summed E-state index contributed by atoms with van der Waals surface area (Å²) in [5.74, 6) is -0.179. The summed E-state index contributed by atoms with van der Waals surface area (Å²) in [6.07, 6.45) is 0.993. The molecule has 0 bridgehead atoms. The van der Waals surface area contributed by atoms with Gasteiger partial charge >= 0.3 is 6.09 Å². The summed E-state index contributed by atoms with van der Waals surface area (Å²) in [6, 6.07) is 17.1. The summed E-state index contributed by atoms with van der Waals surface area (Å²) in [5, 5.41) is 3.01. The van der Waals surface area contributed by atoms with Gasteiger partial charge < -0.3 is 10.1 Å². The lowest BCUT2D eigenvalue weighted by Gasteiger charge is -2.28. The number of amides is 2. The highest BCUT2D eigenvalue weighted by molar-refractivity contribution is 6.00. The Balaban J connectivity index is 1.77. The average Bonchev–Trinajstić information content (AvgIpc) is 3.12. The number of carbonyl (C=O) groups is 2. The van der Waals surface area contributed by atoms with E-state index in [2.05, 4.69) is 5.32 Å². The van der Waals surface area contributed by atoms with Gasteiger partial charge in [0, 0.05) is 17.8 Å². The second-order valence-electron chi connectivity index (χ2n) is 7.73.